The molecular weight excluding hydrogens is 393 g/mol. The molecule has 156 valence electrons. The van der Waals surface area contributed by atoms with Crippen LogP contribution in [0.15, 0.2) is 35.4 Å². The van der Waals surface area contributed by atoms with Crippen molar-refractivity contribution in [3.8, 4) is 11.5 Å². The maximum Gasteiger partial charge on any atom is 0.534 e. The average molecular weight is 418 g/mol. The maximum absolute atomic E-state index is 12.8. The monoisotopic (exact) mass is 418 g/mol. The zero-order chi connectivity index (χ0) is 21.3. The van der Waals surface area contributed by atoms with Gasteiger partial charge >= 0.3 is 15.6 Å². The van der Waals surface area contributed by atoms with E-state index in [4.69, 9.17) is 4.74 Å². The molecule has 0 saturated carbocycles. The number of rotatable bonds is 5. The Hall–Kier alpha value is -1.96. The van der Waals surface area contributed by atoms with Gasteiger partial charge in [0.25, 0.3) is 0 Å². The SMILES string of the molecule is CC1=CCCC(C)(C)/C1=C/c1c(OC(C)C)cccc1OS(=O)(=O)C(F)(F)F. The third-order valence-corrected chi connectivity index (χ3v) is 5.50. The first-order chi connectivity index (χ1) is 12.7. The summed E-state index contributed by atoms with van der Waals surface area (Å²) in [7, 11) is -5.80. The molecule has 0 aromatic heterocycles. The van der Waals surface area contributed by atoms with E-state index in [1.807, 2.05) is 20.8 Å². The highest BCUT2D eigenvalue weighted by Gasteiger charge is 2.49. The number of halogens is 3. The Bertz CT molecular complexity index is 895. The summed E-state index contributed by atoms with van der Waals surface area (Å²) >= 11 is 0. The molecule has 0 bridgehead atoms. The van der Waals surface area contributed by atoms with Crippen LogP contribution in [0.1, 0.15) is 53.0 Å². The minimum Gasteiger partial charge on any atom is -0.490 e. The minimum absolute atomic E-state index is 0.168. The molecule has 2 rings (SSSR count). The lowest BCUT2D eigenvalue weighted by atomic mass is 9.72. The Kier molecular flexibility index (Phi) is 6.23. The number of benzene rings is 1. The lowest BCUT2D eigenvalue weighted by Crippen LogP contribution is -2.28. The third kappa shape index (κ3) is 4.90. The van der Waals surface area contributed by atoms with E-state index in [2.05, 4.69) is 10.3 Å². The van der Waals surface area contributed by atoms with Gasteiger partial charge in [-0.2, -0.15) is 21.6 Å². The molecule has 28 heavy (non-hydrogen) atoms. The average Bonchev–Trinajstić information content (AvgIpc) is 2.50. The van der Waals surface area contributed by atoms with Crippen LogP contribution in [0.3, 0.4) is 0 Å². The predicted molar refractivity (Wildman–Crippen MR) is 103 cm³/mol. The molecule has 0 N–H and O–H groups in total. The molecule has 8 heteroatoms. The van der Waals surface area contributed by atoms with E-state index in [1.54, 1.807) is 26.0 Å². The van der Waals surface area contributed by atoms with Crippen LogP contribution in [-0.2, 0) is 10.1 Å². The summed E-state index contributed by atoms with van der Waals surface area (Å²) in [4.78, 5) is 0. The molecule has 0 saturated heterocycles. The van der Waals surface area contributed by atoms with Gasteiger partial charge in [0.05, 0.1) is 11.7 Å². The van der Waals surface area contributed by atoms with E-state index in [0.717, 1.165) is 24.0 Å². The van der Waals surface area contributed by atoms with E-state index in [9.17, 15) is 21.6 Å². The van der Waals surface area contributed by atoms with Crippen LogP contribution >= 0.6 is 0 Å². The molecule has 4 nitrogen and oxygen atoms in total. The Labute approximate surface area is 164 Å². The van der Waals surface area contributed by atoms with Crippen LogP contribution in [0.25, 0.3) is 6.08 Å². The number of hydrogen-bond donors (Lipinski definition) is 0. The summed E-state index contributed by atoms with van der Waals surface area (Å²) in [5.74, 6) is -0.163. The molecule has 0 amide bonds. The van der Waals surface area contributed by atoms with Crippen LogP contribution in [0, 0.1) is 5.41 Å². The van der Waals surface area contributed by atoms with Crippen molar-refractivity contribution in [2.24, 2.45) is 5.41 Å². The standard InChI is InChI=1S/C20H25F3O4S/c1-13(2)26-17-9-6-10-18(27-28(24,25)20(21,22)23)15(17)12-16-14(3)8-7-11-19(16,4)5/h6,8-10,12-13H,7,11H2,1-5H3/b16-12+. The Morgan fingerprint density at radius 1 is 1.18 bits per heavy atom. The van der Waals surface area contributed by atoms with Crippen molar-refractivity contribution in [3.63, 3.8) is 0 Å². The highest BCUT2D eigenvalue weighted by atomic mass is 32.2. The zero-order valence-corrected chi connectivity index (χ0v) is 17.4. The second-order valence-corrected chi connectivity index (χ2v) is 9.22. The quantitative estimate of drug-likeness (QED) is 0.444. The van der Waals surface area contributed by atoms with E-state index in [1.165, 1.54) is 12.1 Å². The fourth-order valence-electron chi connectivity index (χ4n) is 3.14. The molecule has 1 aliphatic rings. The number of hydrogen-bond acceptors (Lipinski definition) is 4. The van der Waals surface area contributed by atoms with E-state index in [0.29, 0.717) is 0 Å². The summed E-state index contributed by atoms with van der Waals surface area (Å²) in [6.07, 6.45) is 5.22. The summed E-state index contributed by atoms with van der Waals surface area (Å²) in [6, 6.07) is 4.17. The summed E-state index contributed by atoms with van der Waals surface area (Å²) < 4.78 is 71.8. The highest BCUT2D eigenvalue weighted by Crippen LogP contribution is 2.44. The largest absolute Gasteiger partial charge is 0.534 e. The molecule has 0 fully saturated rings. The van der Waals surface area contributed by atoms with Crippen molar-refractivity contribution < 1.29 is 30.5 Å². The first kappa shape index (κ1) is 22.3. The van der Waals surface area contributed by atoms with Crippen LogP contribution in [0.4, 0.5) is 13.2 Å². The smallest absolute Gasteiger partial charge is 0.490 e. The van der Waals surface area contributed by atoms with E-state index in [-0.39, 0.29) is 22.8 Å². The zero-order valence-electron chi connectivity index (χ0n) is 16.6. The van der Waals surface area contributed by atoms with Gasteiger partial charge in [0.15, 0.2) is 5.75 Å². The molecule has 1 aromatic carbocycles. The third-order valence-electron chi connectivity index (χ3n) is 4.53. The molecule has 0 heterocycles. The first-order valence-electron chi connectivity index (χ1n) is 8.94. The Balaban J connectivity index is 2.68. The second kappa shape index (κ2) is 7.81. The second-order valence-electron chi connectivity index (χ2n) is 7.69. The van der Waals surface area contributed by atoms with Gasteiger partial charge in [-0.15, -0.1) is 0 Å². The van der Waals surface area contributed by atoms with Gasteiger partial charge in [-0.05, 0) is 62.8 Å². The summed E-state index contributed by atoms with van der Waals surface area (Å²) in [6.45, 7) is 9.54. The van der Waals surface area contributed by atoms with Gasteiger partial charge < -0.3 is 8.92 Å². The fraction of sp³-hybridized carbons (Fsp3) is 0.500. The van der Waals surface area contributed by atoms with Gasteiger partial charge in [-0.3, -0.25) is 0 Å². The van der Waals surface area contributed by atoms with Gasteiger partial charge in [-0.1, -0.05) is 31.6 Å². The van der Waals surface area contributed by atoms with Crippen molar-refractivity contribution in [2.45, 2.75) is 59.1 Å². The molecule has 0 radical (unpaired) electrons. The number of alkyl halides is 3. The van der Waals surface area contributed by atoms with Gasteiger partial charge in [0.2, 0.25) is 0 Å². The van der Waals surface area contributed by atoms with Gasteiger partial charge in [0.1, 0.15) is 5.75 Å². The van der Waals surface area contributed by atoms with Crippen LogP contribution in [0.2, 0.25) is 0 Å². The normalized spacial score (nSPS) is 18.9. The molecule has 0 aliphatic heterocycles. The Morgan fingerprint density at radius 2 is 1.79 bits per heavy atom. The Morgan fingerprint density at radius 3 is 2.32 bits per heavy atom. The van der Waals surface area contributed by atoms with Crippen molar-refractivity contribution in [2.75, 3.05) is 0 Å². The number of ether oxygens (including phenoxy) is 1. The molecular formula is C20H25F3O4S. The summed E-state index contributed by atoms with van der Waals surface area (Å²) in [5, 5.41) is 0. The minimum atomic E-state index is -5.80. The van der Waals surface area contributed by atoms with Crippen LogP contribution in [-0.4, -0.2) is 20.0 Å². The number of allylic oxidation sites excluding steroid dienone is 3. The molecule has 1 aromatic rings. The van der Waals surface area contributed by atoms with Gasteiger partial charge in [0, 0.05) is 0 Å². The van der Waals surface area contributed by atoms with Crippen molar-refractivity contribution >= 4 is 16.2 Å². The first-order valence-corrected chi connectivity index (χ1v) is 10.3. The van der Waals surface area contributed by atoms with E-state index >= 15 is 0 Å². The van der Waals surface area contributed by atoms with Crippen molar-refractivity contribution in [3.05, 3.63) is 41.0 Å². The van der Waals surface area contributed by atoms with Crippen molar-refractivity contribution in [1.29, 1.82) is 0 Å². The van der Waals surface area contributed by atoms with Crippen LogP contribution < -0.4 is 8.92 Å². The fourth-order valence-corrected chi connectivity index (χ4v) is 3.62. The van der Waals surface area contributed by atoms with E-state index < -0.39 is 21.4 Å². The molecule has 0 atom stereocenters. The van der Waals surface area contributed by atoms with Gasteiger partial charge in [-0.25, -0.2) is 0 Å². The maximum atomic E-state index is 12.8. The topological polar surface area (TPSA) is 52.6 Å². The predicted octanol–water partition coefficient (Wildman–Crippen LogP) is 5.85. The molecule has 0 spiro atoms. The highest BCUT2D eigenvalue weighted by molar-refractivity contribution is 7.88. The lowest BCUT2D eigenvalue weighted by molar-refractivity contribution is -0.0500. The lowest BCUT2D eigenvalue weighted by Gasteiger charge is -2.33. The van der Waals surface area contributed by atoms with Crippen LogP contribution in [0.5, 0.6) is 11.5 Å². The summed E-state index contributed by atoms with van der Waals surface area (Å²) in [5.41, 5.74) is -3.70. The molecule has 1 aliphatic carbocycles. The van der Waals surface area contributed by atoms with Crippen molar-refractivity contribution in [1.82, 2.24) is 0 Å². The molecule has 0 unspecified atom stereocenters.